The van der Waals surface area contributed by atoms with Crippen LogP contribution in [0.4, 0.5) is 13.2 Å². The normalized spacial score (nSPS) is 11.0. The van der Waals surface area contributed by atoms with Crippen molar-refractivity contribution in [3.8, 4) is 46.1 Å². The summed E-state index contributed by atoms with van der Waals surface area (Å²) in [7, 11) is 22.0. The minimum absolute atomic E-state index is 0.169. The van der Waals surface area contributed by atoms with Gasteiger partial charge in [-0.25, -0.2) is 0 Å². The number of para-hydroxylation sites is 7. The minimum Gasteiger partial charge on any atom is -0.496 e. The number of rotatable bonds is 19. The molecule has 0 fully saturated rings. The van der Waals surface area contributed by atoms with E-state index in [0.717, 1.165) is 81.5 Å². The zero-order valence-electron chi connectivity index (χ0n) is 61.0. The first-order valence-corrected chi connectivity index (χ1v) is 34.6. The molecule has 1 atom stereocenters. The fraction of sp³-hybridized carbons (Fsp3) is 0.195. The third kappa shape index (κ3) is 20.6. The van der Waals surface area contributed by atoms with Crippen LogP contribution in [0.15, 0.2) is 302 Å². The number of alkyl halides is 3. The fourth-order valence-corrected chi connectivity index (χ4v) is 12.8. The first-order chi connectivity index (χ1) is 50.4. The summed E-state index contributed by atoms with van der Waals surface area (Å²) in [5.74, 6) is 6.43. The van der Waals surface area contributed by atoms with Crippen molar-refractivity contribution in [1.82, 2.24) is 27.4 Å². The van der Waals surface area contributed by atoms with Gasteiger partial charge in [0.2, 0.25) is 0 Å². The van der Waals surface area contributed by atoms with Crippen molar-refractivity contribution < 1.29 is 46.3 Å². The molecule has 17 heteroatoms. The summed E-state index contributed by atoms with van der Waals surface area (Å²) in [6.45, 7) is 0. The highest BCUT2D eigenvalue weighted by Crippen LogP contribution is 2.39. The van der Waals surface area contributed by atoms with E-state index in [2.05, 4.69) is 173 Å². The molecule has 0 radical (unpaired) electrons. The summed E-state index contributed by atoms with van der Waals surface area (Å²) in [6.07, 6.45) is 7.99. The monoisotopic (exact) mass is 1420 g/mol. The van der Waals surface area contributed by atoms with Crippen molar-refractivity contribution in [2.45, 2.75) is 41.3 Å². The summed E-state index contributed by atoms with van der Waals surface area (Å²) >= 11 is 1.71. The maximum absolute atomic E-state index is 12.6. The van der Waals surface area contributed by atoms with Gasteiger partial charge < -0.3 is 60.6 Å². The molecule has 14 rings (SSSR count). The first-order valence-electron chi connectivity index (χ1n) is 33.8. The summed E-state index contributed by atoms with van der Waals surface area (Å²) in [5.41, 5.74) is 11.1. The molecule has 0 spiro atoms. The molecule has 0 saturated carbocycles. The van der Waals surface area contributed by atoms with Crippen molar-refractivity contribution >= 4 is 22.7 Å². The number of benzene rings is 8. The second-order valence-corrected chi connectivity index (χ2v) is 25.3. The predicted octanol–water partition coefficient (Wildman–Crippen LogP) is 20.3. The lowest BCUT2D eigenvalue weighted by Gasteiger charge is -2.21. The molecule has 104 heavy (non-hydrogen) atoms. The van der Waals surface area contributed by atoms with Crippen molar-refractivity contribution in [2.75, 3.05) is 42.7 Å². The molecule has 0 aliphatic rings. The van der Waals surface area contributed by atoms with Crippen molar-refractivity contribution in [3.63, 3.8) is 0 Å². The van der Waals surface area contributed by atoms with Gasteiger partial charge in [-0.05, 0) is 149 Å². The standard InChI is InChI=1S/C19H19NO.C17H17NO.C14H14F3NO.C13H15NO.C12H13NO2.C12H13NOS/c1-20-14-8-12-17(20)19(15-9-4-3-5-10-15)16-11-6-7-13-18(16)21-2;1-18-15(11-13-7-3-5-9-16(13)18)12-14-8-4-6-10-17(14)19-2;1-18-7-3-4-12(18)8-10-5-6-11(14(15,16)17)9-13(10)19-2;1-14-9-5-7-12(14)10-11-6-3-4-8-13(11)15-2;2*1-13-9-5-8-12(13)15-11-7-4-3-6-10(11)14-2/h3-14,19H,1-2H3;3-11H,12H2,1-2H3;3-7,9H,8H2,1-2H3;3-9H,10H2,1-2H3;2*3-9H,1-2H3. The van der Waals surface area contributed by atoms with Crippen LogP contribution in [0.25, 0.3) is 10.9 Å². The third-order valence-corrected chi connectivity index (χ3v) is 18.7. The smallest absolute Gasteiger partial charge is 0.416 e. The van der Waals surface area contributed by atoms with E-state index in [4.69, 9.17) is 33.2 Å². The molecule has 13 nitrogen and oxygen atoms in total. The Morgan fingerprint density at radius 1 is 0.356 bits per heavy atom. The Kier molecular flexibility index (Phi) is 27.9. The summed E-state index contributed by atoms with van der Waals surface area (Å²) in [6, 6.07) is 85.3. The lowest BCUT2D eigenvalue weighted by Crippen LogP contribution is -2.09. The maximum atomic E-state index is 12.6. The van der Waals surface area contributed by atoms with Gasteiger partial charge in [0.1, 0.15) is 28.7 Å². The van der Waals surface area contributed by atoms with Gasteiger partial charge >= 0.3 is 6.18 Å². The Morgan fingerprint density at radius 3 is 1.35 bits per heavy atom. The molecule has 0 aliphatic heterocycles. The van der Waals surface area contributed by atoms with Gasteiger partial charge in [0.05, 0.1) is 64.1 Å². The average molecular weight is 1420 g/mol. The zero-order chi connectivity index (χ0) is 74.0. The molecule has 6 heterocycles. The number of halogens is 3. The number of fused-ring (bicyclic) bond motifs is 1. The van der Waals surface area contributed by atoms with Crippen LogP contribution < -0.4 is 33.2 Å². The lowest BCUT2D eigenvalue weighted by atomic mass is 9.88. The largest absolute Gasteiger partial charge is 0.496 e. The zero-order valence-corrected chi connectivity index (χ0v) is 61.8. The number of hydrogen-bond acceptors (Lipinski definition) is 8. The summed E-state index contributed by atoms with van der Waals surface area (Å²) < 4.78 is 87.9. The SMILES string of the molecule is COc1cc(C(F)(F)F)ccc1Cc1cccn1C.COc1ccccc1C(c1ccccc1)c1cccn1C.COc1ccccc1Cc1cc2ccccc2n1C.COc1ccccc1Cc1cccn1C.COc1ccccc1Oc1cccn1C.COc1ccccc1Sc1cccn1C. The van der Waals surface area contributed by atoms with Crippen molar-refractivity contribution in [1.29, 1.82) is 0 Å². The molecule has 0 N–H and O–H groups in total. The van der Waals surface area contributed by atoms with E-state index in [1.807, 2.05) is 170 Å². The second kappa shape index (κ2) is 37.9. The van der Waals surface area contributed by atoms with Crippen molar-refractivity contribution in [2.24, 2.45) is 42.3 Å². The molecular weight excluding hydrogens is 1330 g/mol. The van der Waals surface area contributed by atoms with Gasteiger partial charge in [-0.2, -0.15) is 13.2 Å². The van der Waals surface area contributed by atoms with Crippen LogP contribution in [-0.4, -0.2) is 70.1 Å². The average Bonchev–Trinajstić information content (AvgIpc) is 1.80. The molecule has 538 valence electrons. The van der Waals surface area contributed by atoms with Gasteiger partial charge in [-0.15, -0.1) is 0 Å². The number of nitrogens with zero attached hydrogens (tertiary/aromatic N) is 6. The predicted molar refractivity (Wildman–Crippen MR) is 413 cm³/mol. The maximum Gasteiger partial charge on any atom is 0.416 e. The number of hydrogen-bond donors (Lipinski definition) is 0. The lowest BCUT2D eigenvalue weighted by molar-refractivity contribution is -0.137. The summed E-state index contributed by atoms with van der Waals surface area (Å²) in [4.78, 5) is 1.14. The highest BCUT2D eigenvalue weighted by molar-refractivity contribution is 7.99. The number of aryl methyl sites for hydroxylation is 6. The van der Waals surface area contributed by atoms with E-state index >= 15 is 0 Å². The van der Waals surface area contributed by atoms with Crippen LogP contribution >= 0.6 is 11.8 Å². The van der Waals surface area contributed by atoms with Gasteiger partial charge in [0.15, 0.2) is 17.4 Å². The topological polar surface area (TPSA) is 94.2 Å². The van der Waals surface area contributed by atoms with Crippen LogP contribution in [0, 0.1) is 0 Å². The van der Waals surface area contributed by atoms with E-state index < -0.39 is 11.7 Å². The Morgan fingerprint density at radius 2 is 0.817 bits per heavy atom. The number of ether oxygens (including phenoxy) is 7. The van der Waals surface area contributed by atoms with Crippen LogP contribution in [0.5, 0.6) is 46.1 Å². The van der Waals surface area contributed by atoms with E-state index in [-0.39, 0.29) is 11.7 Å². The molecule has 0 amide bonds. The highest BCUT2D eigenvalue weighted by Gasteiger charge is 2.31. The fourth-order valence-electron chi connectivity index (χ4n) is 11.8. The first kappa shape index (κ1) is 76.6. The van der Waals surface area contributed by atoms with Crippen LogP contribution in [-0.2, 0) is 67.7 Å². The third-order valence-electron chi connectivity index (χ3n) is 17.5. The summed E-state index contributed by atoms with van der Waals surface area (Å²) in [5, 5.41) is 2.49. The second-order valence-electron chi connectivity index (χ2n) is 24.2. The Labute approximate surface area is 613 Å². The van der Waals surface area contributed by atoms with Gasteiger partial charge in [0, 0.05) is 132 Å². The minimum atomic E-state index is -4.35. The van der Waals surface area contributed by atoms with Gasteiger partial charge in [-0.3, -0.25) is 0 Å². The van der Waals surface area contributed by atoms with E-state index in [1.165, 1.54) is 68.4 Å². The Balaban J connectivity index is 0.000000145. The molecule has 6 aromatic heterocycles. The molecule has 0 bridgehead atoms. The van der Waals surface area contributed by atoms with Crippen LogP contribution in [0.1, 0.15) is 62.1 Å². The number of aromatic nitrogens is 6. The van der Waals surface area contributed by atoms with Crippen LogP contribution in [0.2, 0.25) is 0 Å². The van der Waals surface area contributed by atoms with Gasteiger partial charge in [0.25, 0.3) is 0 Å². The van der Waals surface area contributed by atoms with Crippen molar-refractivity contribution in [3.05, 3.63) is 348 Å². The molecule has 14 aromatic rings. The van der Waals surface area contributed by atoms with Gasteiger partial charge in [-0.1, -0.05) is 145 Å². The number of methoxy groups -OCH3 is 6. The molecule has 8 aromatic carbocycles. The Hall–Kier alpha value is -11.6. The van der Waals surface area contributed by atoms with E-state index in [0.29, 0.717) is 6.42 Å². The van der Waals surface area contributed by atoms with E-state index in [9.17, 15) is 13.2 Å². The van der Waals surface area contributed by atoms with E-state index in [1.54, 1.807) is 47.3 Å². The molecule has 1 unspecified atom stereocenters. The molecule has 0 saturated heterocycles. The highest BCUT2D eigenvalue weighted by atomic mass is 32.2. The molecule has 0 aliphatic carbocycles. The van der Waals surface area contributed by atoms with Crippen LogP contribution in [0.3, 0.4) is 0 Å². The quantitative estimate of drug-likeness (QED) is 0.0790. The molecular formula is C87H91F3N6O7S. The Bertz CT molecular complexity index is 4720.